The van der Waals surface area contributed by atoms with Crippen LogP contribution in [0.1, 0.15) is 67.1 Å². The van der Waals surface area contributed by atoms with Gasteiger partial charge in [-0.05, 0) is 36.8 Å². The first-order valence-electron chi connectivity index (χ1n) is 11.3. The van der Waals surface area contributed by atoms with Gasteiger partial charge in [0.2, 0.25) is 5.51 Å². The van der Waals surface area contributed by atoms with E-state index in [0.29, 0.717) is 28.6 Å². The topological polar surface area (TPSA) is 42.2 Å². The van der Waals surface area contributed by atoms with Crippen molar-refractivity contribution in [1.82, 2.24) is 0 Å². The van der Waals surface area contributed by atoms with Gasteiger partial charge in [-0.25, -0.2) is 0 Å². The van der Waals surface area contributed by atoms with Crippen molar-refractivity contribution in [3.8, 4) is 5.75 Å². The molecule has 1 aromatic heterocycles. The van der Waals surface area contributed by atoms with Crippen LogP contribution < -0.4 is 14.6 Å². The van der Waals surface area contributed by atoms with Crippen molar-refractivity contribution >= 4 is 34.5 Å². The Morgan fingerprint density at radius 2 is 1.91 bits per heavy atom. The molecule has 0 unspecified atom stereocenters. The Morgan fingerprint density at radius 1 is 1.09 bits per heavy atom. The first-order valence-corrected chi connectivity index (χ1v) is 12.6. The molecular weight excluding hydrogens is 440 g/mol. The smallest absolute Gasteiger partial charge is 0.255 e. The molecule has 0 saturated carbocycles. The fraction of sp³-hybridized carbons (Fsp3) is 0.385. The van der Waals surface area contributed by atoms with Gasteiger partial charge in [0.25, 0.3) is 5.91 Å². The summed E-state index contributed by atoms with van der Waals surface area (Å²) in [5.74, 6) is 0.499. The number of anilines is 1. The lowest BCUT2D eigenvalue weighted by Crippen LogP contribution is -2.34. The lowest BCUT2D eigenvalue weighted by atomic mass is 10.1. The first-order chi connectivity index (χ1) is 15.6. The number of aromatic nitrogens is 1. The minimum absolute atomic E-state index is 0.157. The number of hydrogen-bond acceptors (Lipinski definition) is 3. The minimum Gasteiger partial charge on any atom is -0.492 e. The molecule has 0 saturated heterocycles. The summed E-state index contributed by atoms with van der Waals surface area (Å²) >= 11 is 8.05. The first kappa shape index (κ1) is 24.3. The fourth-order valence-corrected chi connectivity index (χ4v) is 4.50. The molecule has 4 nitrogen and oxygen atoms in total. The van der Waals surface area contributed by atoms with Crippen LogP contribution in [0.15, 0.2) is 53.4 Å². The van der Waals surface area contributed by atoms with Gasteiger partial charge < -0.3 is 10.1 Å². The molecule has 2 aromatic carbocycles. The van der Waals surface area contributed by atoms with Crippen LogP contribution in [0.25, 0.3) is 0 Å². The maximum atomic E-state index is 12.8. The SMILES string of the molecule is CCCCCCCCOc1ccc(NC(=O)c2cccc(C[n+]3cscc3C)c2)cc1Cl. The van der Waals surface area contributed by atoms with Crippen molar-refractivity contribution in [3.05, 3.63) is 75.2 Å². The highest BCUT2D eigenvalue weighted by Gasteiger charge is 2.12. The van der Waals surface area contributed by atoms with Crippen LogP contribution in [-0.2, 0) is 6.54 Å². The number of amides is 1. The second-order valence-electron chi connectivity index (χ2n) is 8.04. The number of carbonyl (C=O) groups is 1. The number of carbonyl (C=O) groups excluding carboxylic acids is 1. The zero-order chi connectivity index (χ0) is 22.8. The zero-order valence-electron chi connectivity index (χ0n) is 18.9. The van der Waals surface area contributed by atoms with E-state index in [4.69, 9.17) is 16.3 Å². The predicted octanol–water partition coefficient (Wildman–Crippen LogP) is 7.04. The largest absolute Gasteiger partial charge is 0.492 e. The molecule has 3 aromatic rings. The van der Waals surface area contributed by atoms with Crippen molar-refractivity contribution in [2.75, 3.05) is 11.9 Å². The average Bonchev–Trinajstić information content (AvgIpc) is 3.19. The van der Waals surface area contributed by atoms with E-state index in [2.05, 4.69) is 34.6 Å². The number of rotatable bonds is 12. The summed E-state index contributed by atoms with van der Waals surface area (Å²) in [6, 6.07) is 13.1. The van der Waals surface area contributed by atoms with Gasteiger partial charge in [-0.2, -0.15) is 4.57 Å². The molecule has 1 heterocycles. The zero-order valence-corrected chi connectivity index (χ0v) is 20.5. The molecule has 1 amide bonds. The molecule has 1 N–H and O–H groups in total. The van der Waals surface area contributed by atoms with Crippen molar-refractivity contribution in [1.29, 1.82) is 0 Å². The van der Waals surface area contributed by atoms with Gasteiger partial charge in [0.15, 0.2) is 12.2 Å². The normalized spacial score (nSPS) is 10.8. The van der Waals surface area contributed by atoms with E-state index < -0.39 is 0 Å². The van der Waals surface area contributed by atoms with E-state index in [1.54, 1.807) is 17.4 Å². The second kappa shape index (κ2) is 12.6. The van der Waals surface area contributed by atoms with E-state index in [9.17, 15) is 4.79 Å². The maximum Gasteiger partial charge on any atom is 0.255 e. The number of benzene rings is 2. The third-order valence-electron chi connectivity index (χ3n) is 5.37. The number of nitrogens with one attached hydrogen (secondary N) is 1. The van der Waals surface area contributed by atoms with Gasteiger partial charge in [-0.1, -0.05) is 74.1 Å². The number of aryl methyl sites for hydroxylation is 1. The van der Waals surface area contributed by atoms with Crippen LogP contribution in [0.5, 0.6) is 5.75 Å². The standard InChI is InChI=1S/C26H31ClN2O2S/c1-3-4-5-6-7-8-14-31-25-13-12-23(16-24(25)27)28-26(30)22-11-9-10-21(15-22)17-29-19-32-18-20(29)2/h9-13,15-16,18-19H,3-8,14,17H2,1-2H3/p+1. The summed E-state index contributed by atoms with van der Waals surface area (Å²) in [4.78, 5) is 12.8. The molecule has 170 valence electrons. The third kappa shape index (κ3) is 7.35. The molecule has 0 aliphatic heterocycles. The van der Waals surface area contributed by atoms with E-state index in [1.165, 1.54) is 37.8 Å². The molecule has 0 aliphatic rings. The van der Waals surface area contributed by atoms with Gasteiger partial charge >= 0.3 is 0 Å². The Bertz CT molecular complexity index is 1020. The van der Waals surface area contributed by atoms with Gasteiger partial charge in [0, 0.05) is 23.7 Å². The molecule has 0 bridgehead atoms. The quantitative estimate of drug-likeness (QED) is 0.227. The summed E-state index contributed by atoms with van der Waals surface area (Å²) in [6.45, 7) is 5.71. The Balaban J connectivity index is 1.52. The summed E-state index contributed by atoms with van der Waals surface area (Å²) in [7, 11) is 0. The van der Waals surface area contributed by atoms with Crippen LogP contribution in [0, 0.1) is 6.92 Å². The van der Waals surface area contributed by atoms with Crippen LogP contribution in [0.4, 0.5) is 5.69 Å². The average molecular weight is 472 g/mol. The number of ether oxygens (including phenoxy) is 1. The number of thiazole rings is 1. The molecule has 6 heteroatoms. The number of hydrogen-bond donors (Lipinski definition) is 1. The molecular formula is C26H32ClN2O2S+. The number of unbranched alkanes of at least 4 members (excludes halogenated alkanes) is 5. The summed E-state index contributed by atoms with van der Waals surface area (Å²) in [5, 5.41) is 5.55. The highest BCUT2D eigenvalue weighted by molar-refractivity contribution is 7.07. The molecule has 0 fully saturated rings. The maximum absolute atomic E-state index is 12.8. The highest BCUT2D eigenvalue weighted by atomic mass is 35.5. The van der Waals surface area contributed by atoms with Gasteiger partial charge in [0.1, 0.15) is 5.75 Å². The Kier molecular flexibility index (Phi) is 9.57. The van der Waals surface area contributed by atoms with Gasteiger partial charge in [-0.3, -0.25) is 4.79 Å². The van der Waals surface area contributed by atoms with Crippen LogP contribution >= 0.6 is 22.9 Å². The molecule has 32 heavy (non-hydrogen) atoms. The monoisotopic (exact) mass is 471 g/mol. The minimum atomic E-state index is -0.157. The second-order valence-corrected chi connectivity index (χ2v) is 9.17. The predicted molar refractivity (Wildman–Crippen MR) is 133 cm³/mol. The fourth-order valence-electron chi connectivity index (χ4n) is 3.49. The molecule has 0 atom stereocenters. The Labute approximate surface area is 200 Å². The highest BCUT2D eigenvalue weighted by Crippen LogP contribution is 2.28. The Hall–Kier alpha value is -2.37. The Morgan fingerprint density at radius 3 is 2.66 bits per heavy atom. The lowest BCUT2D eigenvalue weighted by molar-refractivity contribution is -0.689. The molecule has 0 spiro atoms. The van der Waals surface area contributed by atoms with E-state index in [-0.39, 0.29) is 5.91 Å². The lowest BCUT2D eigenvalue weighted by Gasteiger charge is -2.11. The number of nitrogens with zero attached hydrogens (tertiary/aromatic N) is 1. The summed E-state index contributed by atoms with van der Waals surface area (Å²) < 4.78 is 7.99. The van der Waals surface area contributed by atoms with E-state index in [1.807, 2.05) is 36.4 Å². The third-order valence-corrected chi connectivity index (χ3v) is 6.52. The van der Waals surface area contributed by atoms with E-state index >= 15 is 0 Å². The van der Waals surface area contributed by atoms with Crippen LogP contribution in [0.2, 0.25) is 5.02 Å². The van der Waals surface area contributed by atoms with E-state index in [0.717, 1.165) is 18.5 Å². The molecule has 0 aliphatic carbocycles. The van der Waals surface area contributed by atoms with Crippen molar-refractivity contribution in [2.24, 2.45) is 0 Å². The number of halogens is 1. The van der Waals surface area contributed by atoms with Gasteiger partial charge in [0.05, 0.1) is 17.0 Å². The van der Waals surface area contributed by atoms with Crippen LogP contribution in [0.3, 0.4) is 0 Å². The molecule has 3 rings (SSSR count). The van der Waals surface area contributed by atoms with Gasteiger partial charge in [-0.15, -0.1) is 0 Å². The van der Waals surface area contributed by atoms with Crippen molar-refractivity contribution in [3.63, 3.8) is 0 Å². The van der Waals surface area contributed by atoms with Crippen molar-refractivity contribution in [2.45, 2.75) is 58.9 Å². The summed E-state index contributed by atoms with van der Waals surface area (Å²) in [6.07, 6.45) is 7.31. The van der Waals surface area contributed by atoms with Crippen LogP contribution in [-0.4, -0.2) is 12.5 Å². The molecule has 0 radical (unpaired) electrons. The van der Waals surface area contributed by atoms with Crippen molar-refractivity contribution < 1.29 is 14.1 Å². The summed E-state index contributed by atoms with van der Waals surface area (Å²) in [5.41, 5.74) is 5.65.